The van der Waals surface area contributed by atoms with E-state index in [0.29, 0.717) is 0 Å². The minimum absolute atomic E-state index is 0.0311. The van der Waals surface area contributed by atoms with Gasteiger partial charge in [-0.15, -0.1) is 10.2 Å². The zero-order valence-corrected chi connectivity index (χ0v) is 15.9. The lowest BCUT2D eigenvalue weighted by Crippen LogP contribution is -2.30. The Morgan fingerprint density at radius 2 is 1.62 bits per heavy atom. The van der Waals surface area contributed by atoms with Gasteiger partial charge >= 0.3 is 0 Å². The van der Waals surface area contributed by atoms with Crippen molar-refractivity contribution < 1.29 is 4.79 Å². The van der Waals surface area contributed by atoms with E-state index in [1.807, 2.05) is 86.0 Å². The third-order valence-electron chi connectivity index (χ3n) is 3.95. The van der Waals surface area contributed by atoms with E-state index in [1.165, 1.54) is 11.8 Å². The van der Waals surface area contributed by atoms with Crippen molar-refractivity contribution in [1.82, 2.24) is 14.8 Å². The van der Waals surface area contributed by atoms with Gasteiger partial charge in [0.2, 0.25) is 5.91 Å². The molecule has 0 aliphatic rings. The highest BCUT2D eigenvalue weighted by molar-refractivity contribution is 8.00. The number of nitrogens with zero attached hydrogens (tertiary/aromatic N) is 3. The number of aryl methyl sites for hydroxylation is 1. The first-order valence-electron chi connectivity index (χ1n) is 8.56. The fourth-order valence-corrected chi connectivity index (χ4v) is 3.73. The van der Waals surface area contributed by atoms with Gasteiger partial charge in [0.25, 0.3) is 0 Å². The number of carbonyl (C=O) groups is 1. The first-order valence-corrected chi connectivity index (χ1v) is 9.44. The molecule has 0 spiro atoms. The van der Waals surface area contributed by atoms with Gasteiger partial charge in [0.1, 0.15) is 5.82 Å². The summed E-state index contributed by atoms with van der Waals surface area (Å²) < 4.78 is 1.98. The molecule has 0 unspecified atom stereocenters. The maximum atomic E-state index is 12.8. The lowest BCUT2D eigenvalue weighted by Gasteiger charge is -2.20. The van der Waals surface area contributed by atoms with Gasteiger partial charge in [-0.1, -0.05) is 62.0 Å². The molecule has 134 valence electrons. The van der Waals surface area contributed by atoms with Crippen LogP contribution in [0, 0.1) is 12.8 Å². The predicted octanol–water partition coefficient (Wildman–Crippen LogP) is 4.33. The first-order chi connectivity index (χ1) is 12.6. The number of hydrogen-bond acceptors (Lipinski definition) is 4. The predicted molar refractivity (Wildman–Crippen MR) is 106 cm³/mol. The van der Waals surface area contributed by atoms with E-state index in [-0.39, 0.29) is 17.1 Å². The molecule has 0 fully saturated rings. The van der Waals surface area contributed by atoms with Crippen LogP contribution in [0.2, 0.25) is 0 Å². The molecule has 1 heterocycles. The van der Waals surface area contributed by atoms with Gasteiger partial charge in [0.05, 0.1) is 5.25 Å². The zero-order chi connectivity index (χ0) is 18.5. The molecule has 6 heteroatoms. The summed E-state index contributed by atoms with van der Waals surface area (Å²) in [6, 6.07) is 19.5. The number of para-hydroxylation sites is 2. The summed E-state index contributed by atoms with van der Waals surface area (Å²) in [7, 11) is 0. The summed E-state index contributed by atoms with van der Waals surface area (Å²) in [5, 5.41) is 11.9. The van der Waals surface area contributed by atoms with Gasteiger partial charge in [-0.25, -0.2) is 0 Å². The number of benzene rings is 2. The van der Waals surface area contributed by atoms with Crippen molar-refractivity contribution in [2.24, 2.45) is 5.92 Å². The number of nitrogens with one attached hydrogen (secondary N) is 1. The Bertz CT molecular complexity index is 862. The number of carbonyl (C=O) groups excluding carboxylic acids is 1. The fourth-order valence-electron chi connectivity index (χ4n) is 2.63. The molecule has 2 aromatic carbocycles. The van der Waals surface area contributed by atoms with Crippen LogP contribution < -0.4 is 5.32 Å². The van der Waals surface area contributed by atoms with Crippen LogP contribution in [-0.4, -0.2) is 25.9 Å². The molecular weight excluding hydrogens is 344 g/mol. The molecule has 0 saturated carbocycles. The summed E-state index contributed by atoms with van der Waals surface area (Å²) in [5.41, 5.74) is 1.79. The van der Waals surface area contributed by atoms with Gasteiger partial charge in [0.15, 0.2) is 5.16 Å². The molecule has 3 rings (SSSR count). The maximum absolute atomic E-state index is 12.8. The number of aromatic nitrogens is 3. The van der Waals surface area contributed by atoms with Gasteiger partial charge in [-0.05, 0) is 37.1 Å². The quantitative estimate of drug-likeness (QED) is 0.660. The molecule has 0 bridgehead atoms. The average Bonchev–Trinajstić information content (AvgIpc) is 3.01. The largest absolute Gasteiger partial charge is 0.325 e. The van der Waals surface area contributed by atoms with Crippen molar-refractivity contribution in [3.63, 3.8) is 0 Å². The Morgan fingerprint density at radius 3 is 2.23 bits per heavy atom. The van der Waals surface area contributed by atoms with E-state index in [2.05, 4.69) is 15.5 Å². The van der Waals surface area contributed by atoms with Crippen molar-refractivity contribution in [3.8, 4) is 5.69 Å². The summed E-state index contributed by atoms with van der Waals surface area (Å²) in [6.45, 7) is 6.00. The second kappa shape index (κ2) is 8.19. The normalized spacial score (nSPS) is 12.2. The molecule has 3 aromatic rings. The van der Waals surface area contributed by atoms with Crippen molar-refractivity contribution in [1.29, 1.82) is 0 Å². The molecule has 26 heavy (non-hydrogen) atoms. The number of hydrogen-bond donors (Lipinski definition) is 1. The second-order valence-electron chi connectivity index (χ2n) is 6.34. The number of anilines is 1. The monoisotopic (exact) mass is 366 g/mol. The molecule has 5 nitrogen and oxygen atoms in total. The third-order valence-corrected chi connectivity index (χ3v) is 5.43. The molecule has 1 N–H and O–H groups in total. The van der Waals surface area contributed by atoms with E-state index in [9.17, 15) is 4.79 Å². The van der Waals surface area contributed by atoms with Crippen LogP contribution in [0.4, 0.5) is 5.69 Å². The highest BCUT2D eigenvalue weighted by Gasteiger charge is 2.26. The van der Waals surface area contributed by atoms with Crippen LogP contribution in [0.15, 0.2) is 65.8 Å². The summed E-state index contributed by atoms with van der Waals surface area (Å²) >= 11 is 1.44. The smallest absolute Gasteiger partial charge is 0.238 e. The van der Waals surface area contributed by atoms with Crippen LogP contribution in [0.3, 0.4) is 0 Å². The Morgan fingerprint density at radius 1 is 1.00 bits per heavy atom. The number of amides is 1. The molecule has 0 saturated heterocycles. The highest BCUT2D eigenvalue weighted by Crippen LogP contribution is 2.30. The minimum Gasteiger partial charge on any atom is -0.325 e. The topological polar surface area (TPSA) is 59.8 Å². The van der Waals surface area contributed by atoms with Crippen LogP contribution in [0.5, 0.6) is 0 Å². The molecule has 0 radical (unpaired) electrons. The van der Waals surface area contributed by atoms with Crippen molar-refractivity contribution >= 4 is 23.4 Å². The number of rotatable bonds is 6. The summed E-state index contributed by atoms with van der Waals surface area (Å²) in [4.78, 5) is 12.8. The molecule has 0 aliphatic carbocycles. The Hall–Kier alpha value is -2.60. The third kappa shape index (κ3) is 4.14. The van der Waals surface area contributed by atoms with Crippen molar-refractivity contribution in [2.45, 2.75) is 31.2 Å². The van der Waals surface area contributed by atoms with Gasteiger partial charge in [-0.2, -0.15) is 0 Å². The lowest BCUT2D eigenvalue weighted by atomic mass is 10.1. The SMILES string of the molecule is Cc1nnc(S[C@@H](C(=O)Nc2ccccc2)C(C)C)n1-c1ccccc1. The Labute approximate surface area is 157 Å². The molecular formula is C20H22N4OS. The molecule has 0 aliphatic heterocycles. The van der Waals surface area contributed by atoms with Crippen molar-refractivity contribution in [3.05, 3.63) is 66.5 Å². The van der Waals surface area contributed by atoms with Gasteiger partial charge in [0, 0.05) is 11.4 Å². The molecule has 1 amide bonds. The summed E-state index contributed by atoms with van der Waals surface area (Å²) in [5.74, 6) is 0.908. The van der Waals surface area contributed by atoms with E-state index in [1.54, 1.807) is 0 Å². The van der Waals surface area contributed by atoms with Gasteiger partial charge in [-0.3, -0.25) is 9.36 Å². The van der Waals surface area contributed by atoms with E-state index < -0.39 is 0 Å². The van der Waals surface area contributed by atoms with E-state index >= 15 is 0 Å². The average molecular weight is 366 g/mol. The first kappa shape index (κ1) is 18.2. The van der Waals surface area contributed by atoms with Crippen LogP contribution in [0.1, 0.15) is 19.7 Å². The molecule has 1 aromatic heterocycles. The fraction of sp³-hybridized carbons (Fsp3) is 0.250. The van der Waals surface area contributed by atoms with E-state index in [0.717, 1.165) is 22.4 Å². The lowest BCUT2D eigenvalue weighted by molar-refractivity contribution is -0.116. The van der Waals surface area contributed by atoms with Crippen LogP contribution in [-0.2, 0) is 4.79 Å². The maximum Gasteiger partial charge on any atom is 0.238 e. The Kier molecular flexibility index (Phi) is 5.73. The van der Waals surface area contributed by atoms with Crippen LogP contribution in [0.25, 0.3) is 5.69 Å². The molecule has 1 atom stereocenters. The van der Waals surface area contributed by atoms with E-state index in [4.69, 9.17) is 0 Å². The number of thioether (sulfide) groups is 1. The minimum atomic E-state index is -0.277. The zero-order valence-electron chi connectivity index (χ0n) is 15.1. The summed E-state index contributed by atoms with van der Waals surface area (Å²) in [6.07, 6.45) is 0. The van der Waals surface area contributed by atoms with Crippen LogP contribution >= 0.6 is 11.8 Å². The van der Waals surface area contributed by atoms with Crippen molar-refractivity contribution in [2.75, 3.05) is 5.32 Å². The van der Waals surface area contributed by atoms with Gasteiger partial charge < -0.3 is 5.32 Å². The highest BCUT2D eigenvalue weighted by atomic mass is 32.2. The second-order valence-corrected chi connectivity index (χ2v) is 7.45. The standard InChI is InChI=1S/C20H22N4OS/c1-14(2)18(19(25)21-16-10-6-4-7-11-16)26-20-23-22-15(3)24(20)17-12-8-5-9-13-17/h4-14,18H,1-3H3,(H,21,25)/t18-/m1/s1. The Balaban J connectivity index is 1.84.